The third kappa shape index (κ3) is 2.98. The van der Waals surface area contributed by atoms with Crippen LogP contribution in [0.4, 0.5) is 5.69 Å². The third-order valence-electron chi connectivity index (χ3n) is 4.89. The molecule has 2 aliphatic rings. The van der Waals surface area contributed by atoms with Gasteiger partial charge in [0.25, 0.3) is 0 Å². The molecule has 2 aliphatic carbocycles. The van der Waals surface area contributed by atoms with Gasteiger partial charge in [-0.25, -0.2) is 0 Å². The lowest BCUT2D eigenvalue weighted by molar-refractivity contribution is 0.392. The first-order valence-electron chi connectivity index (χ1n) is 7.79. The van der Waals surface area contributed by atoms with Gasteiger partial charge in [-0.05, 0) is 66.9 Å². The molecule has 0 radical (unpaired) electrons. The van der Waals surface area contributed by atoms with Crippen LogP contribution in [0.1, 0.15) is 51.0 Å². The zero-order valence-electron chi connectivity index (χ0n) is 12.4. The second kappa shape index (κ2) is 5.72. The van der Waals surface area contributed by atoms with Gasteiger partial charge in [0.05, 0.1) is 0 Å². The van der Waals surface area contributed by atoms with Crippen molar-refractivity contribution in [1.29, 1.82) is 0 Å². The molecular weight excluding hydrogens is 264 g/mol. The second-order valence-electron chi connectivity index (χ2n) is 6.66. The minimum Gasteiger partial charge on any atom is -0.359 e. The number of benzene rings is 1. The van der Waals surface area contributed by atoms with Crippen molar-refractivity contribution >= 4 is 23.0 Å². The van der Waals surface area contributed by atoms with Crippen LogP contribution < -0.4 is 10.6 Å². The summed E-state index contributed by atoms with van der Waals surface area (Å²) in [6.07, 6.45) is 5.52. The van der Waals surface area contributed by atoms with Crippen molar-refractivity contribution in [2.45, 2.75) is 51.5 Å². The van der Waals surface area contributed by atoms with E-state index >= 15 is 0 Å². The zero-order valence-corrected chi connectivity index (χ0v) is 13.2. The monoisotopic (exact) mass is 288 g/mol. The molecule has 3 heteroatoms. The number of anilines is 1. The van der Waals surface area contributed by atoms with Crippen LogP contribution in [0.5, 0.6) is 0 Å². The average Bonchev–Trinajstić information content (AvgIpc) is 3.01. The maximum Gasteiger partial charge on any atom is 0.171 e. The van der Waals surface area contributed by atoms with Gasteiger partial charge in [0, 0.05) is 11.7 Å². The fraction of sp³-hybridized carbons (Fsp3) is 0.588. The summed E-state index contributed by atoms with van der Waals surface area (Å²) in [6, 6.07) is 9.18. The van der Waals surface area contributed by atoms with E-state index in [2.05, 4.69) is 48.7 Å². The molecule has 1 aromatic carbocycles. The van der Waals surface area contributed by atoms with E-state index in [1.165, 1.54) is 31.2 Å². The molecular formula is C17H24N2S. The van der Waals surface area contributed by atoms with Crippen molar-refractivity contribution < 1.29 is 0 Å². The predicted octanol–water partition coefficient (Wildman–Crippen LogP) is 4.29. The van der Waals surface area contributed by atoms with E-state index in [-0.39, 0.29) is 0 Å². The van der Waals surface area contributed by atoms with Crippen LogP contribution in [0.25, 0.3) is 0 Å². The van der Waals surface area contributed by atoms with Crippen LogP contribution in [0.15, 0.2) is 24.3 Å². The summed E-state index contributed by atoms with van der Waals surface area (Å²) in [6.45, 7) is 4.42. The molecule has 0 aliphatic heterocycles. The molecule has 0 heterocycles. The van der Waals surface area contributed by atoms with Crippen molar-refractivity contribution in [2.75, 3.05) is 5.32 Å². The van der Waals surface area contributed by atoms with Crippen LogP contribution in [0.3, 0.4) is 0 Å². The van der Waals surface area contributed by atoms with E-state index in [1.807, 2.05) is 0 Å². The normalized spacial score (nSPS) is 27.9. The number of thiocarbonyl (C=S) groups is 1. The van der Waals surface area contributed by atoms with Crippen LogP contribution in [-0.4, -0.2) is 11.2 Å². The lowest BCUT2D eigenvalue weighted by Crippen LogP contribution is -2.40. The van der Waals surface area contributed by atoms with Gasteiger partial charge in [-0.15, -0.1) is 0 Å². The van der Waals surface area contributed by atoms with Crippen molar-refractivity contribution in [1.82, 2.24) is 5.32 Å². The first kappa shape index (κ1) is 13.9. The topological polar surface area (TPSA) is 24.1 Å². The molecule has 3 atom stereocenters. The summed E-state index contributed by atoms with van der Waals surface area (Å²) in [5.74, 6) is 2.37. The molecule has 20 heavy (non-hydrogen) atoms. The largest absolute Gasteiger partial charge is 0.359 e. The summed E-state index contributed by atoms with van der Waals surface area (Å²) in [5, 5.41) is 7.61. The van der Waals surface area contributed by atoms with Gasteiger partial charge in [0.2, 0.25) is 0 Å². The van der Waals surface area contributed by atoms with Crippen molar-refractivity contribution in [3.05, 3.63) is 29.8 Å². The van der Waals surface area contributed by atoms with E-state index in [0.29, 0.717) is 12.0 Å². The first-order valence-corrected chi connectivity index (χ1v) is 8.20. The highest BCUT2D eigenvalue weighted by Gasteiger charge is 2.39. The Kier molecular flexibility index (Phi) is 3.97. The number of hydrogen-bond donors (Lipinski definition) is 2. The Hall–Kier alpha value is -1.09. The van der Waals surface area contributed by atoms with Gasteiger partial charge in [0.1, 0.15) is 0 Å². The SMILES string of the molecule is CC(C)c1ccc(NC(=S)N[C@@H]2C[C@@H]3CC[C@@H]2C3)cc1. The highest BCUT2D eigenvalue weighted by Crippen LogP contribution is 2.44. The number of rotatable bonds is 3. The Morgan fingerprint density at radius 3 is 2.45 bits per heavy atom. The predicted molar refractivity (Wildman–Crippen MR) is 89.1 cm³/mol. The minimum absolute atomic E-state index is 0.572. The van der Waals surface area contributed by atoms with Crippen molar-refractivity contribution in [3.63, 3.8) is 0 Å². The molecule has 108 valence electrons. The van der Waals surface area contributed by atoms with E-state index in [0.717, 1.165) is 22.6 Å². The fourth-order valence-electron chi connectivity index (χ4n) is 3.71. The van der Waals surface area contributed by atoms with E-state index < -0.39 is 0 Å². The summed E-state index contributed by atoms with van der Waals surface area (Å²) >= 11 is 5.45. The highest BCUT2D eigenvalue weighted by atomic mass is 32.1. The Labute approximate surface area is 127 Å². The summed E-state index contributed by atoms with van der Waals surface area (Å²) in [4.78, 5) is 0. The molecule has 3 rings (SSSR count). The quantitative estimate of drug-likeness (QED) is 0.812. The Morgan fingerprint density at radius 2 is 1.90 bits per heavy atom. The maximum absolute atomic E-state index is 5.45. The number of hydrogen-bond acceptors (Lipinski definition) is 1. The van der Waals surface area contributed by atoms with Crippen molar-refractivity contribution in [2.24, 2.45) is 11.8 Å². The number of nitrogens with one attached hydrogen (secondary N) is 2. The summed E-state index contributed by atoms with van der Waals surface area (Å²) in [7, 11) is 0. The van der Waals surface area contributed by atoms with Gasteiger partial charge in [-0.3, -0.25) is 0 Å². The van der Waals surface area contributed by atoms with Crippen LogP contribution in [0.2, 0.25) is 0 Å². The minimum atomic E-state index is 0.572. The van der Waals surface area contributed by atoms with Crippen LogP contribution in [0, 0.1) is 11.8 Å². The average molecular weight is 288 g/mol. The van der Waals surface area contributed by atoms with Gasteiger partial charge < -0.3 is 10.6 Å². The first-order chi connectivity index (χ1) is 9.61. The number of fused-ring (bicyclic) bond motifs is 2. The highest BCUT2D eigenvalue weighted by molar-refractivity contribution is 7.80. The van der Waals surface area contributed by atoms with Gasteiger partial charge in [-0.1, -0.05) is 32.4 Å². The standard InChI is InChI=1S/C17H24N2S/c1-11(2)13-5-7-15(8-6-13)18-17(20)19-16-10-12-3-4-14(16)9-12/h5-8,11-12,14,16H,3-4,9-10H2,1-2H3,(H2,18,19,20)/t12-,14-,16-/m1/s1. The molecule has 0 amide bonds. The molecule has 2 N–H and O–H groups in total. The van der Waals surface area contributed by atoms with Gasteiger partial charge >= 0.3 is 0 Å². The molecule has 1 aromatic rings. The van der Waals surface area contributed by atoms with E-state index in [9.17, 15) is 0 Å². The van der Waals surface area contributed by atoms with E-state index in [1.54, 1.807) is 0 Å². The molecule has 2 fully saturated rings. The lowest BCUT2D eigenvalue weighted by Gasteiger charge is -2.24. The zero-order chi connectivity index (χ0) is 14.1. The smallest absolute Gasteiger partial charge is 0.171 e. The van der Waals surface area contributed by atoms with Crippen molar-refractivity contribution in [3.8, 4) is 0 Å². The van der Waals surface area contributed by atoms with Crippen LogP contribution >= 0.6 is 12.2 Å². The van der Waals surface area contributed by atoms with Gasteiger partial charge in [-0.2, -0.15) is 0 Å². The Morgan fingerprint density at radius 1 is 1.15 bits per heavy atom. The van der Waals surface area contributed by atoms with Gasteiger partial charge in [0.15, 0.2) is 5.11 Å². The Bertz CT molecular complexity index is 480. The third-order valence-corrected chi connectivity index (χ3v) is 5.11. The molecule has 2 bridgehead atoms. The molecule has 0 saturated heterocycles. The molecule has 0 unspecified atom stereocenters. The molecule has 2 saturated carbocycles. The molecule has 0 aromatic heterocycles. The van der Waals surface area contributed by atoms with Crippen LogP contribution in [-0.2, 0) is 0 Å². The fourth-order valence-corrected chi connectivity index (χ4v) is 3.98. The second-order valence-corrected chi connectivity index (χ2v) is 7.06. The lowest BCUT2D eigenvalue weighted by atomic mass is 9.95. The maximum atomic E-state index is 5.45. The molecule has 0 spiro atoms. The molecule has 2 nitrogen and oxygen atoms in total. The van der Waals surface area contributed by atoms with E-state index in [4.69, 9.17) is 12.2 Å². The summed E-state index contributed by atoms with van der Waals surface area (Å²) < 4.78 is 0. The summed E-state index contributed by atoms with van der Waals surface area (Å²) in [5.41, 5.74) is 2.44. The Balaban J connectivity index is 1.53.